The average molecular weight is 387 g/mol. The summed E-state index contributed by atoms with van der Waals surface area (Å²) in [5.41, 5.74) is -1.11. The minimum Gasteiger partial charge on any atom is -0.349 e. The summed E-state index contributed by atoms with van der Waals surface area (Å²) >= 11 is 0.423. The van der Waals surface area contributed by atoms with Gasteiger partial charge >= 0.3 is 6.18 Å². The summed E-state index contributed by atoms with van der Waals surface area (Å²) in [7, 11) is 1.35. The SMILES string of the molecule is CNC(=O)SNC(=O)C(c1cccc(F)c1)c1cc(C(F)(F)F)ccn1. The Bertz CT molecular complexity index is 814. The second-order valence-electron chi connectivity index (χ2n) is 5.06. The lowest BCUT2D eigenvalue weighted by Gasteiger charge is -2.17. The molecule has 10 heteroatoms. The zero-order chi connectivity index (χ0) is 19.3. The Balaban J connectivity index is 2.44. The van der Waals surface area contributed by atoms with Gasteiger partial charge in [-0.2, -0.15) is 13.2 Å². The van der Waals surface area contributed by atoms with Crippen LogP contribution in [0.4, 0.5) is 22.4 Å². The lowest BCUT2D eigenvalue weighted by atomic mass is 9.93. The number of hydrogen-bond acceptors (Lipinski definition) is 4. The minimum absolute atomic E-state index is 0.104. The number of carbonyl (C=O) groups excluding carboxylic acids is 2. The van der Waals surface area contributed by atoms with E-state index in [9.17, 15) is 27.2 Å². The fraction of sp³-hybridized carbons (Fsp3) is 0.188. The van der Waals surface area contributed by atoms with Gasteiger partial charge < -0.3 is 5.32 Å². The van der Waals surface area contributed by atoms with Crippen LogP contribution in [0, 0.1) is 5.82 Å². The van der Waals surface area contributed by atoms with Gasteiger partial charge in [0, 0.05) is 13.2 Å². The maximum absolute atomic E-state index is 13.5. The third kappa shape index (κ3) is 4.94. The fourth-order valence-corrected chi connectivity index (χ4v) is 2.54. The highest BCUT2D eigenvalue weighted by Gasteiger charge is 2.33. The van der Waals surface area contributed by atoms with E-state index in [1.807, 2.05) is 0 Å². The first-order valence-corrected chi connectivity index (χ1v) is 8.01. The summed E-state index contributed by atoms with van der Waals surface area (Å²) in [5.74, 6) is -2.80. The molecule has 0 bridgehead atoms. The fourth-order valence-electron chi connectivity index (χ4n) is 2.13. The van der Waals surface area contributed by atoms with Crippen LogP contribution in [-0.2, 0) is 11.0 Å². The van der Waals surface area contributed by atoms with E-state index < -0.39 is 34.6 Å². The minimum atomic E-state index is -4.63. The Morgan fingerprint density at radius 1 is 1.19 bits per heavy atom. The number of halogens is 4. The monoisotopic (exact) mass is 387 g/mol. The quantitative estimate of drug-likeness (QED) is 0.625. The number of carbonyl (C=O) groups is 2. The topological polar surface area (TPSA) is 71.1 Å². The number of nitrogens with one attached hydrogen (secondary N) is 2. The zero-order valence-corrected chi connectivity index (χ0v) is 14.1. The van der Waals surface area contributed by atoms with Crippen LogP contribution in [0.15, 0.2) is 42.6 Å². The number of pyridine rings is 1. The molecule has 0 saturated carbocycles. The standard InChI is InChI=1S/C16H13F4N3O2S/c1-21-15(25)26-23-14(24)13(9-3-2-4-11(17)7-9)12-8-10(5-6-22-12)16(18,19)20/h2-8,13H,1H3,(H,21,25)(H,23,24). The summed E-state index contributed by atoms with van der Waals surface area (Å²) in [6.07, 6.45) is -3.71. The summed E-state index contributed by atoms with van der Waals surface area (Å²) in [5, 5.41) is 1.69. The molecule has 26 heavy (non-hydrogen) atoms. The molecular weight excluding hydrogens is 374 g/mol. The molecule has 2 N–H and O–H groups in total. The number of aromatic nitrogens is 1. The Hall–Kier alpha value is -2.62. The van der Waals surface area contributed by atoms with Gasteiger partial charge in [-0.1, -0.05) is 12.1 Å². The van der Waals surface area contributed by atoms with E-state index in [0.717, 1.165) is 30.5 Å². The van der Waals surface area contributed by atoms with Crippen LogP contribution in [0.3, 0.4) is 0 Å². The van der Waals surface area contributed by atoms with Crippen molar-refractivity contribution < 1.29 is 27.2 Å². The van der Waals surface area contributed by atoms with Crippen molar-refractivity contribution in [3.8, 4) is 0 Å². The maximum atomic E-state index is 13.5. The summed E-state index contributed by atoms with van der Waals surface area (Å²) in [6.45, 7) is 0. The number of alkyl halides is 3. The first-order valence-electron chi connectivity index (χ1n) is 7.19. The first kappa shape index (κ1) is 19.7. The van der Waals surface area contributed by atoms with Gasteiger partial charge in [-0.3, -0.25) is 19.3 Å². The summed E-state index contributed by atoms with van der Waals surface area (Å²) < 4.78 is 54.6. The molecule has 138 valence electrons. The number of rotatable bonds is 3. The average Bonchev–Trinajstić information content (AvgIpc) is 2.59. The first-order chi connectivity index (χ1) is 12.2. The van der Waals surface area contributed by atoms with E-state index in [1.165, 1.54) is 19.2 Å². The van der Waals surface area contributed by atoms with Gasteiger partial charge in [-0.25, -0.2) is 4.39 Å². The molecule has 2 rings (SSSR count). The lowest BCUT2D eigenvalue weighted by molar-refractivity contribution is -0.137. The molecule has 1 aromatic heterocycles. The Kier molecular flexibility index (Phi) is 6.19. The van der Waals surface area contributed by atoms with Gasteiger partial charge in [0.25, 0.3) is 5.24 Å². The van der Waals surface area contributed by atoms with Crippen LogP contribution in [0.25, 0.3) is 0 Å². The second kappa shape index (κ2) is 8.17. The molecule has 2 aromatic rings. The van der Waals surface area contributed by atoms with Gasteiger partial charge in [0.2, 0.25) is 5.91 Å². The molecule has 0 saturated heterocycles. The Morgan fingerprint density at radius 3 is 2.54 bits per heavy atom. The molecule has 0 aliphatic carbocycles. The summed E-state index contributed by atoms with van der Waals surface area (Å²) in [4.78, 5) is 27.6. The van der Waals surface area contributed by atoms with Crippen LogP contribution >= 0.6 is 11.9 Å². The smallest absolute Gasteiger partial charge is 0.349 e. The molecule has 2 amide bonds. The van der Waals surface area contributed by atoms with E-state index >= 15 is 0 Å². The highest BCUT2D eigenvalue weighted by atomic mass is 32.2. The van der Waals surface area contributed by atoms with E-state index in [-0.39, 0.29) is 11.3 Å². The maximum Gasteiger partial charge on any atom is 0.416 e. The van der Waals surface area contributed by atoms with Crippen molar-refractivity contribution in [3.05, 3.63) is 65.2 Å². The third-order valence-corrected chi connectivity index (χ3v) is 3.99. The Morgan fingerprint density at radius 2 is 1.92 bits per heavy atom. The second-order valence-corrected chi connectivity index (χ2v) is 5.84. The third-order valence-electron chi connectivity index (χ3n) is 3.30. The summed E-state index contributed by atoms with van der Waals surface area (Å²) in [6, 6.07) is 6.36. The van der Waals surface area contributed by atoms with Crippen LogP contribution in [0.2, 0.25) is 0 Å². The molecule has 0 aliphatic rings. The van der Waals surface area contributed by atoms with Crippen LogP contribution < -0.4 is 10.0 Å². The number of amides is 2. The zero-order valence-electron chi connectivity index (χ0n) is 13.3. The lowest BCUT2D eigenvalue weighted by Crippen LogP contribution is -2.29. The molecule has 1 heterocycles. The molecule has 0 spiro atoms. The molecule has 1 aromatic carbocycles. The van der Waals surface area contributed by atoms with Crippen LogP contribution in [-0.4, -0.2) is 23.2 Å². The normalized spacial score (nSPS) is 12.3. The van der Waals surface area contributed by atoms with Crippen molar-refractivity contribution in [2.75, 3.05) is 7.05 Å². The van der Waals surface area contributed by atoms with Crippen LogP contribution in [0.5, 0.6) is 0 Å². The van der Waals surface area contributed by atoms with Gasteiger partial charge in [-0.15, -0.1) is 0 Å². The van der Waals surface area contributed by atoms with E-state index in [2.05, 4.69) is 15.0 Å². The van der Waals surface area contributed by atoms with Crippen molar-refractivity contribution in [1.29, 1.82) is 0 Å². The Labute approximate surface area is 150 Å². The molecule has 5 nitrogen and oxygen atoms in total. The molecule has 0 fully saturated rings. The predicted octanol–water partition coefficient (Wildman–Crippen LogP) is 3.48. The molecular formula is C16H13F4N3O2S. The number of nitrogens with zero attached hydrogens (tertiary/aromatic N) is 1. The van der Waals surface area contributed by atoms with E-state index in [4.69, 9.17) is 0 Å². The molecule has 1 unspecified atom stereocenters. The largest absolute Gasteiger partial charge is 0.416 e. The van der Waals surface area contributed by atoms with Crippen molar-refractivity contribution in [2.24, 2.45) is 0 Å². The van der Waals surface area contributed by atoms with E-state index in [1.54, 1.807) is 0 Å². The molecule has 0 radical (unpaired) electrons. The van der Waals surface area contributed by atoms with Crippen molar-refractivity contribution >= 4 is 23.1 Å². The van der Waals surface area contributed by atoms with Crippen molar-refractivity contribution in [3.63, 3.8) is 0 Å². The van der Waals surface area contributed by atoms with E-state index in [0.29, 0.717) is 11.9 Å². The number of hydrogen-bond donors (Lipinski definition) is 2. The molecule has 0 aliphatic heterocycles. The van der Waals surface area contributed by atoms with Gasteiger partial charge in [0.15, 0.2) is 0 Å². The molecule has 1 atom stereocenters. The van der Waals surface area contributed by atoms with Crippen molar-refractivity contribution in [1.82, 2.24) is 15.0 Å². The van der Waals surface area contributed by atoms with Crippen LogP contribution in [0.1, 0.15) is 22.7 Å². The van der Waals surface area contributed by atoms with Gasteiger partial charge in [0.05, 0.1) is 23.2 Å². The van der Waals surface area contributed by atoms with Gasteiger partial charge in [0.1, 0.15) is 11.7 Å². The van der Waals surface area contributed by atoms with Gasteiger partial charge in [-0.05, 0) is 29.8 Å². The highest BCUT2D eigenvalue weighted by Crippen LogP contribution is 2.32. The predicted molar refractivity (Wildman–Crippen MR) is 87.7 cm³/mol. The van der Waals surface area contributed by atoms with Crippen molar-refractivity contribution in [2.45, 2.75) is 12.1 Å². The highest BCUT2D eigenvalue weighted by molar-refractivity contribution is 8.12. The number of benzene rings is 1.